The van der Waals surface area contributed by atoms with Crippen LogP contribution in [0.15, 0.2) is 34.5 Å². The van der Waals surface area contributed by atoms with Gasteiger partial charge in [-0.15, -0.1) is 11.3 Å². The Labute approximate surface area is 119 Å². The van der Waals surface area contributed by atoms with Crippen molar-refractivity contribution in [2.45, 2.75) is 17.6 Å². The molecule has 20 heavy (non-hydrogen) atoms. The number of halogens is 1. The zero-order valence-corrected chi connectivity index (χ0v) is 12.1. The van der Waals surface area contributed by atoms with Gasteiger partial charge in [0.05, 0.1) is 16.2 Å². The van der Waals surface area contributed by atoms with E-state index in [1.807, 2.05) is 0 Å². The van der Waals surface area contributed by atoms with Crippen LogP contribution in [0.4, 0.5) is 4.39 Å². The molecule has 0 atom stereocenters. The highest BCUT2D eigenvalue weighted by Crippen LogP contribution is 2.24. The molecule has 7 heteroatoms. The molecule has 2 rings (SSSR count). The standard InChI is InChI=1S/C13H11FO4S2/c1-8-5-10(6-11(12(8)14)13(15)16)20(17,18)7-9-3-2-4-19-9/h2-6H,7H2,1H3,(H,15,16). The molecular formula is C13H11FO4S2. The van der Waals surface area contributed by atoms with Gasteiger partial charge in [0.25, 0.3) is 0 Å². The number of carboxylic acids is 1. The predicted molar refractivity (Wildman–Crippen MR) is 73.3 cm³/mol. The second kappa shape index (κ2) is 5.34. The zero-order chi connectivity index (χ0) is 14.9. The smallest absolute Gasteiger partial charge is 0.338 e. The molecule has 106 valence electrons. The van der Waals surface area contributed by atoms with Crippen molar-refractivity contribution in [2.75, 3.05) is 0 Å². The average molecular weight is 314 g/mol. The quantitative estimate of drug-likeness (QED) is 0.881. The molecule has 0 unspecified atom stereocenters. The molecule has 1 aromatic heterocycles. The number of thiophene rings is 1. The number of aryl methyl sites for hydroxylation is 1. The fraction of sp³-hybridized carbons (Fsp3) is 0.154. The predicted octanol–water partition coefficient (Wildman–Crippen LogP) is 2.87. The number of rotatable bonds is 4. The third-order valence-corrected chi connectivity index (χ3v) is 5.43. The van der Waals surface area contributed by atoms with E-state index in [9.17, 15) is 17.6 Å². The maximum absolute atomic E-state index is 13.6. The first-order valence-corrected chi connectivity index (χ1v) is 8.13. The van der Waals surface area contributed by atoms with E-state index in [-0.39, 0.29) is 16.2 Å². The van der Waals surface area contributed by atoms with Crippen LogP contribution < -0.4 is 0 Å². The molecule has 0 aliphatic carbocycles. The molecule has 0 amide bonds. The number of benzene rings is 1. The summed E-state index contributed by atoms with van der Waals surface area (Å²) in [6.07, 6.45) is 0. The van der Waals surface area contributed by atoms with Crippen molar-refractivity contribution in [3.63, 3.8) is 0 Å². The van der Waals surface area contributed by atoms with Crippen molar-refractivity contribution >= 4 is 27.1 Å². The monoisotopic (exact) mass is 314 g/mol. The SMILES string of the molecule is Cc1cc(S(=O)(=O)Cc2cccs2)cc(C(=O)O)c1F. The van der Waals surface area contributed by atoms with Crippen molar-refractivity contribution in [3.05, 3.63) is 51.5 Å². The van der Waals surface area contributed by atoms with Crippen LogP contribution in [0.1, 0.15) is 20.8 Å². The number of hydrogen-bond donors (Lipinski definition) is 1. The molecule has 1 heterocycles. The number of carboxylic acid groups (broad SMARTS) is 1. The minimum atomic E-state index is -3.70. The molecule has 1 aromatic carbocycles. The van der Waals surface area contributed by atoms with Crippen LogP contribution in [-0.4, -0.2) is 19.5 Å². The van der Waals surface area contributed by atoms with Gasteiger partial charge in [0.15, 0.2) is 9.84 Å². The number of sulfone groups is 1. The summed E-state index contributed by atoms with van der Waals surface area (Å²) in [7, 11) is -3.70. The molecule has 2 aromatic rings. The van der Waals surface area contributed by atoms with Crippen molar-refractivity contribution < 1.29 is 22.7 Å². The van der Waals surface area contributed by atoms with E-state index < -0.39 is 27.2 Å². The Kier molecular flexibility index (Phi) is 3.92. The minimum Gasteiger partial charge on any atom is -0.478 e. The summed E-state index contributed by atoms with van der Waals surface area (Å²) in [6.45, 7) is 1.34. The summed E-state index contributed by atoms with van der Waals surface area (Å²) in [5.74, 6) is -2.62. The van der Waals surface area contributed by atoms with Gasteiger partial charge < -0.3 is 5.11 Å². The largest absolute Gasteiger partial charge is 0.478 e. The Hall–Kier alpha value is -1.73. The van der Waals surface area contributed by atoms with E-state index in [1.165, 1.54) is 18.3 Å². The lowest BCUT2D eigenvalue weighted by Crippen LogP contribution is -2.09. The Morgan fingerprint density at radius 1 is 1.40 bits per heavy atom. The van der Waals surface area contributed by atoms with Crippen molar-refractivity contribution in [3.8, 4) is 0 Å². The molecule has 0 bridgehead atoms. The van der Waals surface area contributed by atoms with E-state index in [1.54, 1.807) is 17.5 Å². The molecular weight excluding hydrogens is 303 g/mol. The molecule has 0 aliphatic heterocycles. The minimum absolute atomic E-state index is 0.00495. The number of hydrogen-bond acceptors (Lipinski definition) is 4. The maximum Gasteiger partial charge on any atom is 0.338 e. The lowest BCUT2D eigenvalue weighted by Gasteiger charge is -2.07. The van der Waals surface area contributed by atoms with Gasteiger partial charge in [-0.05, 0) is 36.1 Å². The van der Waals surface area contributed by atoms with Gasteiger partial charge in [-0.25, -0.2) is 17.6 Å². The van der Waals surface area contributed by atoms with Crippen LogP contribution in [0.25, 0.3) is 0 Å². The summed E-state index contributed by atoms with van der Waals surface area (Å²) in [6, 6.07) is 5.43. The normalized spacial score (nSPS) is 11.5. The molecule has 0 saturated heterocycles. The van der Waals surface area contributed by atoms with Crippen LogP contribution >= 0.6 is 11.3 Å². The van der Waals surface area contributed by atoms with Gasteiger partial charge in [-0.3, -0.25) is 0 Å². The molecule has 1 N–H and O–H groups in total. The van der Waals surface area contributed by atoms with E-state index >= 15 is 0 Å². The first-order chi connectivity index (χ1) is 9.31. The summed E-state index contributed by atoms with van der Waals surface area (Å²) in [5, 5.41) is 10.7. The van der Waals surface area contributed by atoms with Crippen LogP contribution in [-0.2, 0) is 15.6 Å². The third kappa shape index (κ3) is 2.88. The molecule has 0 fully saturated rings. The van der Waals surface area contributed by atoms with Gasteiger partial charge in [0, 0.05) is 4.88 Å². The zero-order valence-electron chi connectivity index (χ0n) is 10.5. The van der Waals surface area contributed by atoms with Crippen LogP contribution in [0, 0.1) is 12.7 Å². The third-order valence-electron chi connectivity index (χ3n) is 2.73. The highest BCUT2D eigenvalue weighted by atomic mass is 32.2. The maximum atomic E-state index is 13.6. The van der Waals surface area contributed by atoms with Gasteiger partial charge >= 0.3 is 5.97 Å². The molecule has 4 nitrogen and oxygen atoms in total. The van der Waals surface area contributed by atoms with Gasteiger partial charge in [0.2, 0.25) is 0 Å². The lowest BCUT2D eigenvalue weighted by molar-refractivity contribution is 0.0691. The summed E-state index contributed by atoms with van der Waals surface area (Å²) < 4.78 is 38.1. The van der Waals surface area contributed by atoms with Crippen LogP contribution in [0.3, 0.4) is 0 Å². The van der Waals surface area contributed by atoms with Crippen molar-refractivity contribution in [1.82, 2.24) is 0 Å². The Balaban J connectivity index is 2.49. The second-order valence-electron chi connectivity index (χ2n) is 4.25. The number of aromatic carboxylic acids is 1. The topological polar surface area (TPSA) is 71.4 Å². The number of carbonyl (C=O) groups is 1. The Morgan fingerprint density at radius 3 is 2.65 bits per heavy atom. The molecule has 0 saturated carbocycles. The van der Waals surface area contributed by atoms with Gasteiger partial charge in [0.1, 0.15) is 5.82 Å². The van der Waals surface area contributed by atoms with Gasteiger partial charge in [-0.2, -0.15) is 0 Å². The first kappa shape index (κ1) is 14.7. The van der Waals surface area contributed by atoms with E-state index in [4.69, 9.17) is 5.11 Å². The van der Waals surface area contributed by atoms with Crippen LogP contribution in [0.5, 0.6) is 0 Å². The van der Waals surface area contributed by atoms with Crippen LogP contribution in [0.2, 0.25) is 0 Å². The fourth-order valence-corrected chi connectivity index (χ4v) is 4.25. The summed E-state index contributed by atoms with van der Waals surface area (Å²) >= 11 is 1.29. The molecule has 0 radical (unpaired) electrons. The van der Waals surface area contributed by atoms with E-state index in [0.29, 0.717) is 4.88 Å². The molecule has 0 spiro atoms. The van der Waals surface area contributed by atoms with E-state index in [0.717, 1.165) is 12.1 Å². The lowest BCUT2D eigenvalue weighted by atomic mass is 10.1. The summed E-state index contributed by atoms with van der Waals surface area (Å²) in [5.41, 5.74) is -0.635. The van der Waals surface area contributed by atoms with E-state index in [2.05, 4.69) is 0 Å². The first-order valence-electron chi connectivity index (χ1n) is 5.60. The fourth-order valence-electron chi connectivity index (χ4n) is 1.74. The Morgan fingerprint density at radius 2 is 2.10 bits per heavy atom. The highest BCUT2D eigenvalue weighted by molar-refractivity contribution is 7.90. The average Bonchev–Trinajstić information content (AvgIpc) is 2.83. The molecule has 0 aliphatic rings. The van der Waals surface area contributed by atoms with Gasteiger partial charge in [-0.1, -0.05) is 6.07 Å². The van der Waals surface area contributed by atoms with Crippen molar-refractivity contribution in [2.24, 2.45) is 0 Å². The highest BCUT2D eigenvalue weighted by Gasteiger charge is 2.22. The Bertz CT molecular complexity index is 749. The summed E-state index contributed by atoms with van der Waals surface area (Å²) in [4.78, 5) is 11.4. The van der Waals surface area contributed by atoms with Crippen molar-refractivity contribution in [1.29, 1.82) is 0 Å². The second-order valence-corrected chi connectivity index (χ2v) is 7.27.